The first-order valence-corrected chi connectivity index (χ1v) is 4.34. The molecule has 0 amide bonds. The summed E-state index contributed by atoms with van der Waals surface area (Å²) in [5.41, 5.74) is 0. The molecule has 1 aromatic heterocycles. The third kappa shape index (κ3) is 1.05. The van der Waals surface area contributed by atoms with Crippen LogP contribution in [-0.2, 0) is 0 Å². The first-order valence-electron chi connectivity index (χ1n) is 3.26. The standard InChI is InChI=1S/C6H8IN3/c7-5-1-9-10(4-5)6-2-8-3-6/h1,4,6,8H,2-3H2. The molecule has 10 heavy (non-hydrogen) atoms. The van der Waals surface area contributed by atoms with Gasteiger partial charge in [0, 0.05) is 19.3 Å². The Morgan fingerprint density at radius 3 is 2.90 bits per heavy atom. The highest BCUT2D eigenvalue weighted by molar-refractivity contribution is 14.1. The molecule has 0 radical (unpaired) electrons. The van der Waals surface area contributed by atoms with Gasteiger partial charge in [0.15, 0.2) is 0 Å². The Morgan fingerprint density at radius 1 is 1.70 bits per heavy atom. The Balaban J connectivity index is 2.17. The van der Waals surface area contributed by atoms with Crippen molar-refractivity contribution in [2.24, 2.45) is 0 Å². The van der Waals surface area contributed by atoms with E-state index in [1.165, 1.54) is 3.57 Å². The van der Waals surface area contributed by atoms with E-state index in [4.69, 9.17) is 0 Å². The minimum Gasteiger partial charge on any atom is -0.312 e. The maximum atomic E-state index is 4.21. The molecule has 0 spiro atoms. The molecule has 1 N–H and O–H groups in total. The van der Waals surface area contributed by atoms with Crippen molar-refractivity contribution in [3.05, 3.63) is 16.0 Å². The normalized spacial score (nSPS) is 18.9. The highest BCUT2D eigenvalue weighted by atomic mass is 127. The van der Waals surface area contributed by atoms with Gasteiger partial charge in [-0.05, 0) is 22.6 Å². The molecule has 3 nitrogen and oxygen atoms in total. The largest absolute Gasteiger partial charge is 0.312 e. The van der Waals surface area contributed by atoms with Crippen LogP contribution in [-0.4, -0.2) is 22.9 Å². The number of aromatic nitrogens is 2. The number of rotatable bonds is 1. The maximum Gasteiger partial charge on any atom is 0.0768 e. The molecule has 0 unspecified atom stereocenters. The average Bonchev–Trinajstić information content (AvgIpc) is 2.10. The molecule has 1 aliphatic rings. The lowest BCUT2D eigenvalue weighted by Gasteiger charge is -2.26. The van der Waals surface area contributed by atoms with Gasteiger partial charge < -0.3 is 5.32 Å². The third-order valence-corrected chi connectivity index (χ3v) is 2.26. The minimum atomic E-state index is 0.600. The number of nitrogens with zero attached hydrogens (tertiary/aromatic N) is 2. The van der Waals surface area contributed by atoms with Gasteiger partial charge in [-0.25, -0.2) is 0 Å². The van der Waals surface area contributed by atoms with E-state index in [1.807, 2.05) is 10.9 Å². The fourth-order valence-electron chi connectivity index (χ4n) is 0.975. The van der Waals surface area contributed by atoms with Crippen molar-refractivity contribution in [1.82, 2.24) is 15.1 Å². The van der Waals surface area contributed by atoms with Crippen LogP contribution < -0.4 is 5.32 Å². The highest BCUT2D eigenvalue weighted by Crippen LogP contribution is 2.11. The summed E-state index contributed by atoms with van der Waals surface area (Å²) in [6, 6.07) is 0.600. The van der Waals surface area contributed by atoms with Crippen molar-refractivity contribution in [3.8, 4) is 0 Å². The first-order chi connectivity index (χ1) is 4.86. The van der Waals surface area contributed by atoms with E-state index >= 15 is 0 Å². The van der Waals surface area contributed by atoms with Gasteiger partial charge in [0.2, 0.25) is 0 Å². The summed E-state index contributed by atoms with van der Waals surface area (Å²) < 4.78 is 3.24. The van der Waals surface area contributed by atoms with Crippen LogP contribution in [0.4, 0.5) is 0 Å². The van der Waals surface area contributed by atoms with E-state index in [-0.39, 0.29) is 0 Å². The molecular formula is C6H8IN3. The number of hydrogen-bond acceptors (Lipinski definition) is 2. The van der Waals surface area contributed by atoms with E-state index in [2.05, 4.69) is 39.2 Å². The van der Waals surface area contributed by atoms with Crippen molar-refractivity contribution in [1.29, 1.82) is 0 Å². The number of halogens is 1. The molecule has 54 valence electrons. The van der Waals surface area contributed by atoms with Crippen LogP contribution in [0.15, 0.2) is 12.4 Å². The van der Waals surface area contributed by atoms with Crippen LogP contribution in [0.5, 0.6) is 0 Å². The van der Waals surface area contributed by atoms with Crippen molar-refractivity contribution in [2.75, 3.05) is 13.1 Å². The molecule has 0 atom stereocenters. The van der Waals surface area contributed by atoms with Crippen LogP contribution in [0.2, 0.25) is 0 Å². The summed E-state index contributed by atoms with van der Waals surface area (Å²) in [5, 5.41) is 7.41. The lowest BCUT2D eigenvalue weighted by molar-refractivity contribution is 0.318. The molecule has 1 aliphatic heterocycles. The zero-order valence-corrected chi connectivity index (χ0v) is 7.58. The highest BCUT2D eigenvalue weighted by Gasteiger charge is 2.18. The number of nitrogens with one attached hydrogen (secondary N) is 1. The molecule has 1 aromatic rings. The second-order valence-electron chi connectivity index (χ2n) is 2.45. The Morgan fingerprint density at radius 2 is 2.50 bits per heavy atom. The van der Waals surface area contributed by atoms with Gasteiger partial charge in [-0.1, -0.05) is 0 Å². The Kier molecular flexibility index (Phi) is 1.65. The van der Waals surface area contributed by atoms with Gasteiger partial charge in [0.1, 0.15) is 0 Å². The predicted octanol–water partition coefficient (Wildman–Crippen LogP) is 0.632. The molecule has 2 rings (SSSR count). The molecule has 0 aromatic carbocycles. The number of hydrogen-bond donors (Lipinski definition) is 1. The Hall–Kier alpha value is -0.100. The topological polar surface area (TPSA) is 29.9 Å². The van der Waals surface area contributed by atoms with E-state index in [9.17, 15) is 0 Å². The van der Waals surface area contributed by atoms with Crippen LogP contribution in [0.25, 0.3) is 0 Å². The molecule has 2 heterocycles. The van der Waals surface area contributed by atoms with Gasteiger partial charge in [0.05, 0.1) is 15.8 Å². The Labute approximate surface area is 72.9 Å². The van der Waals surface area contributed by atoms with Crippen LogP contribution in [0.3, 0.4) is 0 Å². The van der Waals surface area contributed by atoms with E-state index in [0.717, 1.165) is 13.1 Å². The SMILES string of the molecule is Ic1cnn(C2CNC2)c1. The second kappa shape index (κ2) is 2.50. The van der Waals surface area contributed by atoms with E-state index < -0.39 is 0 Å². The molecular weight excluding hydrogens is 241 g/mol. The van der Waals surface area contributed by atoms with Crippen LogP contribution in [0.1, 0.15) is 6.04 Å². The zero-order chi connectivity index (χ0) is 6.97. The van der Waals surface area contributed by atoms with Crippen molar-refractivity contribution in [3.63, 3.8) is 0 Å². The molecule has 1 fully saturated rings. The Bertz CT molecular complexity index is 229. The summed E-state index contributed by atoms with van der Waals surface area (Å²) in [6.45, 7) is 2.13. The van der Waals surface area contributed by atoms with Crippen LogP contribution >= 0.6 is 22.6 Å². The van der Waals surface area contributed by atoms with Gasteiger partial charge in [0.25, 0.3) is 0 Å². The van der Waals surface area contributed by atoms with Crippen molar-refractivity contribution in [2.45, 2.75) is 6.04 Å². The quantitative estimate of drug-likeness (QED) is 0.740. The first kappa shape index (κ1) is 6.60. The lowest BCUT2D eigenvalue weighted by atomic mass is 10.2. The lowest BCUT2D eigenvalue weighted by Crippen LogP contribution is -2.43. The molecule has 0 bridgehead atoms. The maximum absolute atomic E-state index is 4.21. The summed E-state index contributed by atoms with van der Waals surface area (Å²) in [4.78, 5) is 0. The smallest absolute Gasteiger partial charge is 0.0768 e. The van der Waals surface area contributed by atoms with Gasteiger partial charge in [-0.15, -0.1) is 0 Å². The second-order valence-corrected chi connectivity index (χ2v) is 3.70. The average molecular weight is 249 g/mol. The molecule has 0 aliphatic carbocycles. The molecule has 4 heteroatoms. The van der Waals surface area contributed by atoms with Crippen molar-refractivity contribution >= 4 is 22.6 Å². The summed E-state index contributed by atoms with van der Waals surface area (Å²) in [7, 11) is 0. The van der Waals surface area contributed by atoms with Gasteiger partial charge in [-0.2, -0.15) is 5.10 Å². The summed E-state index contributed by atoms with van der Waals surface area (Å²) in [5.74, 6) is 0. The van der Waals surface area contributed by atoms with Crippen LogP contribution in [0, 0.1) is 3.57 Å². The summed E-state index contributed by atoms with van der Waals surface area (Å²) in [6.07, 6.45) is 3.96. The van der Waals surface area contributed by atoms with E-state index in [1.54, 1.807) is 0 Å². The minimum absolute atomic E-state index is 0.600. The fraction of sp³-hybridized carbons (Fsp3) is 0.500. The predicted molar refractivity (Wildman–Crippen MR) is 46.9 cm³/mol. The zero-order valence-electron chi connectivity index (χ0n) is 5.42. The molecule has 0 saturated carbocycles. The summed E-state index contributed by atoms with van der Waals surface area (Å²) >= 11 is 2.27. The van der Waals surface area contributed by atoms with Gasteiger partial charge in [-0.3, -0.25) is 4.68 Å². The van der Waals surface area contributed by atoms with Crippen molar-refractivity contribution < 1.29 is 0 Å². The third-order valence-electron chi connectivity index (χ3n) is 1.70. The monoisotopic (exact) mass is 249 g/mol. The molecule has 1 saturated heterocycles. The fourth-order valence-corrected chi connectivity index (χ4v) is 1.38. The van der Waals surface area contributed by atoms with Gasteiger partial charge >= 0.3 is 0 Å². The van der Waals surface area contributed by atoms with E-state index in [0.29, 0.717) is 6.04 Å².